The van der Waals surface area contributed by atoms with Crippen molar-refractivity contribution in [2.24, 2.45) is 0 Å². The van der Waals surface area contributed by atoms with Gasteiger partial charge in [0.05, 0.1) is 11.6 Å². The van der Waals surface area contributed by atoms with Gasteiger partial charge < -0.3 is 10.1 Å². The highest BCUT2D eigenvalue weighted by molar-refractivity contribution is 6.32. The molecule has 1 aliphatic rings. The van der Waals surface area contributed by atoms with Crippen LogP contribution in [-0.2, 0) is 6.54 Å². The maximum atomic E-state index is 6.18. The minimum absolute atomic E-state index is 0. The maximum Gasteiger partial charge on any atom is 0.137 e. The standard InChI is InChI=1S/C17H24ClNO.ClH/c1-2-20-17-9-8-15(12-16(17)18)13-19-11-10-14-6-4-3-5-7-14;/h6,8-9,12,19H,2-5,7,10-11,13H2,1H3;1H. The second-order valence-corrected chi connectivity index (χ2v) is 5.64. The number of allylic oxidation sites excluding steroid dienone is 1. The Balaban J connectivity index is 0.00000220. The van der Waals surface area contributed by atoms with E-state index in [1.165, 1.54) is 37.7 Å². The maximum absolute atomic E-state index is 6.18. The first-order chi connectivity index (χ1) is 9.79. The first-order valence-electron chi connectivity index (χ1n) is 7.59. The van der Waals surface area contributed by atoms with Crippen LogP contribution >= 0.6 is 24.0 Å². The summed E-state index contributed by atoms with van der Waals surface area (Å²) in [4.78, 5) is 0. The predicted octanol–water partition coefficient (Wildman–Crippen LogP) is 5.14. The van der Waals surface area contributed by atoms with Gasteiger partial charge in [0.2, 0.25) is 0 Å². The molecule has 0 fully saturated rings. The van der Waals surface area contributed by atoms with Crippen molar-refractivity contribution in [3.05, 3.63) is 40.4 Å². The molecule has 0 spiro atoms. The van der Waals surface area contributed by atoms with Gasteiger partial charge in [0.25, 0.3) is 0 Å². The fourth-order valence-corrected chi connectivity index (χ4v) is 2.80. The van der Waals surface area contributed by atoms with Crippen LogP contribution in [0.3, 0.4) is 0 Å². The molecule has 0 bridgehead atoms. The van der Waals surface area contributed by atoms with Crippen LogP contribution in [0.1, 0.15) is 44.6 Å². The average molecular weight is 330 g/mol. The third kappa shape index (κ3) is 6.29. The van der Waals surface area contributed by atoms with Crippen molar-refractivity contribution in [2.45, 2.75) is 45.6 Å². The van der Waals surface area contributed by atoms with Crippen LogP contribution in [0, 0.1) is 0 Å². The van der Waals surface area contributed by atoms with E-state index < -0.39 is 0 Å². The molecule has 0 saturated heterocycles. The van der Waals surface area contributed by atoms with Crippen molar-refractivity contribution >= 4 is 24.0 Å². The van der Waals surface area contributed by atoms with E-state index in [9.17, 15) is 0 Å². The van der Waals surface area contributed by atoms with Gasteiger partial charge in [0, 0.05) is 6.54 Å². The quantitative estimate of drug-likeness (QED) is 0.552. The Kier molecular flexibility index (Phi) is 8.82. The summed E-state index contributed by atoms with van der Waals surface area (Å²) in [6.07, 6.45) is 8.87. The van der Waals surface area contributed by atoms with Gasteiger partial charge in [-0.25, -0.2) is 0 Å². The molecule has 2 nitrogen and oxygen atoms in total. The van der Waals surface area contributed by atoms with E-state index in [0.29, 0.717) is 11.6 Å². The molecule has 0 amide bonds. The smallest absolute Gasteiger partial charge is 0.137 e. The molecule has 0 unspecified atom stereocenters. The molecule has 0 heterocycles. The Morgan fingerprint density at radius 1 is 1.29 bits per heavy atom. The molecule has 4 heteroatoms. The summed E-state index contributed by atoms with van der Waals surface area (Å²) < 4.78 is 5.44. The Morgan fingerprint density at radius 2 is 2.14 bits per heavy atom. The summed E-state index contributed by atoms with van der Waals surface area (Å²) in [7, 11) is 0. The molecule has 0 saturated carbocycles. The number of ether oxygens (including phenoxy) is 1. The van der Waals surface area contributed by atoms with Crippen molar-refractivity contribution in [1.82, 2.24) is 5.32 Å². The largest absolute Gasteiger partial charge is 0.492 e. The van der Waals surface area contributed by atoms with Crippen LogP contribution in [0.2, 0.25) is 5.02 Å². The molecule has 2 rings (SSSR count). The van der Waals surface area contributed by atoms with E-state index in [2.05, 4.69) is 17.5 Å². The van der Waals surface area contributed by atoms with Gasteiger partial charge in [-0.3, -0.25) is 0 Å². The van der Waals surface area contributed by atoms with Crippen LogP contribution in [0.4, 0.5) is 0 Å². The third-order valence-corrected chi connectivity index (χ3v) is 3.93. The first-order valence-corrected chi connectivity index (χ1v) is 7.97. The fourth-order valence-electron chi connectivity index (χ4n) is 2.54. The fraction of sp³-hybridized carbons (Fsp3) is 0.529. The highest BCUT2D eigenvalue weighted by Gasteiger charge is 2.04. The third-order valence-electron chi connectivity index (χ3n) is 3.63. The lowest BCUT2D eigenvalue weighted by Crippen LogP contribution is -2.15. The van der Waals surface area contributed by atoms with E-state index in [1.54, 1.807) is 5.57 Å². The van der Waals surface area contributed by atoms with Gasteiger partial charge in [0.1, 0.15) is 5.75 Å². The van der Waals surface area contributed by atoms with E-state index >= 15 is 0 Å². The Bertz CT molecular complexity index is 460. The summed E-state index contributed by atoms with van der Waals surface area (Å²) in [5.74, 6) is 0.769. The molecule has 1 N–H and O–H groups in total. The number of hydrogen-bond donors (Lipinski definition) is 1. The van der Waals surface area contributed by atoms with Crippen LogP contribution in [0.5, 0.6) is 5.75 Å². The topological polar surface area (TPSA) is 21.3 Å². The van der Waals surface area contributed by atoms with Crippen LogP contribution in [0.25, 0.3) is 0 Å². The zero-order valence-corrected chi connectivity index (χ0v) is 14.2. The molecular formula is C17H25Cl2NO. The summed E-state index contributed by atoms with van der Waals surface area (Å²) in [5, 5.41) is 4.18. The van der Waals surface area contributed by atoms with E-state index in [-0.39, 0.29) is 12.4 Å². The van der Waals surface area contributed by atoms with E-state index in [0.717, 1.165) is 18.8 Å². The molecule has 0 aliphatic heterocycles. The minimum atomic E-state index is 0. The summed E-state index contributed by atoms with van der Waals surface area (Å²) in [6.45, 7) is 4.51. The van der Waals surface area contributed by atoms with Gasteiger partial charge in [0.15, 0.2) is 0 Å². The zero-order chi connectivity index (χ0) is 14.2. The van der Waals surface area contributed by atoms with Gasteiger partial charge in [-0.05, 0) is 63.3 Å². The molecule has 118 valence electrons. The molecule has 0 aromatic heterocycles. The van der Waals surface area contributed by atoms with Crippen LogP contribution < -0.4 is 10.1 Å². The molecular weight excluding hydrogens is 305 g/mol. The van der Waals surface area contributed by atoms with Gasteiger partial charge in [-0.1, -0.05) is 29.3 Å². The van der Waals surface area contributed by atoms with Gasteiger partial charge >= 0.3 is 0 Å². The monoisotopic (exact) mass is 329 g/mol. The SMILES string of the molecule is CCOc1ccc(CNCCC2=CCCCC2)cc1Cl.Cl. The van der Waals surface area contributed by atoms with Crippen LogP contribution in [0.15, 0.2) is 29.8 Å². The highest BCUT2D eigenvalue weighted by atomic mass is 35.5. The zero-order valence-electron chi connectivity index (χ0n) is 12.7. The predicted molar refractivity (Wildman–Crippen MR) is 92.7 cm³/mol. The lowest BCUT2D eigenvalue weighted by molar-refractivity contribution is 0.340. The molecule has 1 aromatic rings. The van der Waals surface area contributed by atoms with Crippen molar-refractivity contribution in [3.8, 4) is 5.75 Å². The molecule has 0 radical (unpaired) electrons. The number of halogens is 2. The van der Waals surface area contributed by atoms with Gasteiger partial charge in [-0.2, -0.15) is 0 Å². The van der Waals surface area contributed by atoms with E-state index in [1.807, 2.05) is 19.1 Å². The second kappa shape index (κ2) is 10.1. The van der Waals surface area contributed by atoms with Crippen LogP contribution in [-0.4, -0.2) is 13.2 Å². The Hall–Kier alpha value is -0.700. The van der Waals surface area contributed by atoms with Gasteiger partial charge in [-0.15, -0.1) is 12.4 Å². The summed E-state index contributed by atoms with van der Waals surface area (Å²) >= 11 is 6.18. The Morgan fingerprint density at radius 3 is 2.81 bits per heavy atom. The number of benzene rings is 1. The normalized spacial score (nSPS) is 14.3. The lowest BCUT2D eigenvalue weighted by Gasteiger charge is -2.13. The molecule has 21 heavy (non-hydrogen) atoms. The highest BCUT2D eigenvalue weighted by Crippen LogP contribution is 2.25. The van der Waals surface area contributed by atoms with Crippen molar-refractivity contribution in [2.75, 3.05) is 13.2 Å². The summed E-state index contributed by atoms with van der Waals surface area (Å²) in [6, 6.07) is 6.01. The second-order valence-electron chi connectivity index (χ2n) is 5.23. The van der Waals surface area contributed by atoms with Crippen molar-refractivity contribution in [1.29, 1.82) is 0 Å². The first kappa shape index (κ1) is 18.3. The van der Waals surface area contributed by atoms with Crippen molar-refractivity contribution in [3.63, 3.8) is 0 Å². The number of nitrogens with one attached hydrogen (secondary N) is 1. The number of hydrogen-bond acceptors (Lipinski definition) is 2. The molecule has 1 aromatic carbocycles. The lowest BCUT2D eigenvalue weighted by atomic mass is 9.97. The average Bonchev–Trinajstić information content (AvgIpc) is 2.48. The summed E-state index contributed by atoms with van der Waals surface area (Å²) in [5.41, 5.74) is 2.82. The molecule has 0 atom stereocenters. The minimum Gasteiger partial charge on any atom is -0.492 e. The van der Waals surface area contributed by atoms with Crippen molar-refractivity contribution < 1.29 is 4.74 Å². The Labute approximate surface area is 139 Å². The number of rotatable bonds is 7. The molecule has 1 aliphatic carbocycles. The van der Waals surface area contributed by atoms with E-state index in [4.69, 9.17) is 16.3 Å².